The van der Waals surface area contributed by atoms with Crippen LogP contribution in [0.15, 0.2) is 0 Å². The molecule has 0 bridgehead atoms. The van der Waals surface area contributed by atoms with Crippen LogP contribution in [0.25, 0.3) is 0 Å². The van der Waals surface area contributed by atoms with Crippen LogP contribution >= 0.6 is 0 Å². The Morgan fingerprint density at radius 3 is 2.43 bits per heavy atom. The number of carbonyl (C=O) groups excluding carboxylic acids is 1. The molecule has 0 radical (unpaired) electrons. The highest BCUT2D eigenvalue weighted by atomic mass is 16.2. The van der Waals surface area contributed by atoms with Crippen molar-refractivity contribution in [2.45, 2.75) is 79.2 Å². The van der Waals surface area contributed by atoms with E-state index < -0.39 is 0 Å². The smallest absolute Gasteiger partial charge is 0.226 e. The van der Waals surface area contributed by atoms with E-state index in [0.717, 1.165) is 30.7 Å². The van der Waals surface area contributed by atoms with Gasteiger partial charge >= 0.3 is 0 Å². The molecule has 4 unspecified atom stereocenters. The van der Waals surface area contributed by atoms with Gasteiger partial charge in [-0.3, -0.25) is 4.79 Å². The molecule has 2 rings (SSSR count). The van der Waals surface area contributed by atoms with Gasteiger partial charge in [-0.1, -0.05) is 33.6 Å². The normalized spacial score (nSPS) is 34.8. The second-order valence-corrected chi connectivity index (χ2v) is 8.36. The van der Waals surface area contributed by atoms with Crippen LogP contribution in [0.4, 0.5) is 0 Å². The molecule has 0 aromatic rings. The Morgan fingerprint density at radius 1 is 1.10 bits per heavy atom. The molecular weight excluding hydrogens is 258 g/mol. The van der Waals surface area contributed by atoms with Crippen molar-refractivity contribution in [1.29, 1.82) is 0 Å². The summed E-state index contributed by atoms with van der Waals surface area (Å²) in [6, 6.07) is 0.357. The molecule has 122 valence electrons. The van der Waals surface area contributed by atoms with E-state index >= 15 is 0 Å². The molecule has 1 saturated heterocycles. The largest absolute Gasteiger partial charge is 0.340 e. The van der Waals surface area contributed by atoms with Crippen LogP contribution in [-0.4, -0.2) is 23.4 Å². The predicted octanol–water partition coefficient (Wildman–Crippen LogP) is 4.73. The van der Waals surface area contributed by atoms with Crippen molar-refractivity contribution >= 4 is 5.91 Å². The monoisotopic (exact) mass is 293 g/mol. The summed E-state index contributed by atoms with van der Waals surface area (Å²) in [5.74, 6) is 3.70. The maximum absolute atomic E-state index is 12.9. The number of fused-ring (bicyclic) bond motifs is 1. The molecule has 0 N–H and O–H groups in total. The molecule has 1 aliphatic carbocycles. The predicted molar refractivity (Wildman–Crippen MR) is 89.0 cm³/mol. The van der Waals surface area contributed by atoms with Crippen LogP contribution in [0.3, 0.4) is 0 Å². The van der Waals surface area contributed by atoms with E-state index in [2.05, 4.69) is 39.5 Å². The van der Waals surface area contributed by atoms with Gasteiger partial charge in [0.1, 0.15) is 0 Å². The highest BCUT2D eigenvalue weighted by molar-refractivity contribution is 5.80. The molecule has 0 spiro atoms. The Labute approximate surface area is 131 Å². The van der Waals surface area contributed by atoms with Gasteiger partial charge in [0.15, 0.2) is 0 Å². The summed E-state index contributed by atoms with van der Waals surface area (Å²) in [7, 11) is 0. The van der Waals surface area contributed by atoms with Crippen molar-refractivity contribution in [1.82, 2.24) is 4.90 Å². The van der Waals surface area contributed by atoms with Gasteiger partial charge in [0.25, 0.3) is 0 Å². The third-order valence-corrected chi connectivity index (χ3v) is 5.76. The first kappa shape index (κ1) is 16.8. The van der Waals surface area contributed by atoms with Crippen molar-refractivity contribution in [2.75, 3.05) is 6.54 Å². The minimum absolute atomic E-state index is 0.313. The van der Waals surface area contributed by atoms with Gasteiger partial charge in [-0.15, -0.1) is 0 Å². The summed E-state index contributed by atoms with van der Waals surface area (Å²) in [5, 5.41) is 0. The number of piperidine rings is 1. The van der Waals surface area contributed by atoms with Gasteiger partial charge in [0.05, 0.1) is 0 Å². The van der Waals surface area contributed by atoms with E-state index in [-0.39, 0.29) is 0 Å². The average Bonchev–Trinajstić information content (AvgIpc) is 2.36. The Hall–Kier alpha value is -0.530. The van der Waals surface area contributed by atoms with Crippen LogP contribution in [0, 0.1) is 29.6 Å². The minimum atomic E-state index is 0.313. The lowest BCUT2D eigenvalue weighted by Crippen LogP contribution is -2.53. The van der Waals surface area contributed by atoms with Crippen molar-refractivity contribution in [3.8, 4) is 0 Å². The van der Waals surface area contributed by atoms with E-state index in [1.807, 2.05) is 0 Å². The Kier molecular flexibility index (Phi) is 5.73. The van der Waals surface area contributed by atoms with E-state index in [4.69, 9.17) is 0 Å². The van der Waals surface area contributed by atoms with Gasteiger partial charge in [-0.05, 0) is 63.2 Å². The van der Waals surface area contributed by atoms with Gasteiger partial charge in [0, 0.05) is 18.5 Å². The fourth-order valence-corrected chi connectivity index (χ4v) is 4.61. The molecule has 0 aromatic carbocycles. The highest BCUT2D eigenvalue weighted by Crippen LogP contribution is 2.42. The first-order valence-electron chi connectivity index (χ1n) is 9.20. The van der Waals surface area contributed by atoms with Crippen molar-refractivity contribution in [3.05, 3.63) is 0 Å². The summed E-state index contributed by atoms with van der Waals surface area (Å²) in [4.78, 5) is 15.1. The number of nitrogens with zero attached hydrogens (tertiary/aromatic N) is 1. The van der Waals surface area contributed by atoms with Crippen LogP contribution < -0.4 is 0 Å². The van der Waals surface area contributed by atoms with Gasteiger partial charge in [-0.2, -0.15) is 0 Å². The molecule has 2 nitrogen and oxygen atoms in total. The molecule has 21 heavy (non-hydrogen) atoms. The topological polar surface area (TPSA) is 20.3 Å². The highest BCUT2D eigenvalue weighted by Gasteiger charge is 2.43. The van der Waals surface area contributed by atoms with E-state index in [9.17, 15) is 4.79 Å². The first-order valence-corrected chi connectivity index (χ1v) is 9.20. The lowest BCUT2D eigenvalue weighted by atomic mass is 9.68. The summed E-state index contributed by atoms with van der Waals surface area (Å²) in [5.41, 5.74) is 0. The van der Waals surface area contributed by atoms with Gasteiger partial charge < -0.3 is 4.90 Å². The molecule has 1 aliphatic heterocycles. The number of hydrogen-bond acceptors (Lipinski definition) is 1. The minimum Gasteiger partial charge on any atom is -0.340 e. The Morgan fingerprint density at radius 2 is 1.81 bits per heavy atom. The van der Waals surface area contributed by atoms with Gasteiger partial charge in [-0.25, -0.2) is 0 Å². The van der Waals surface area contributed by atoms with Crippen LogP contribution in [0.5, 0.6) is 0 Å². The van der Waals surface area contributed by atoms with Gasteiger partial charge in [0.2, 0.25) is 5.91 Å². The molecule has 1 amide bonds. The third-order valence-electron chi connectivity index (χ3n) is 5.76. The van der Waals surface area contributed by atoms with Crippen molar-refractivity contribution < 1.29 is 4.79 Å². The maximum Gasteiger partial charge on any atom is 0.226 e. The number of rotatable bonds is 3. The molecular formula is C19H35NO. The summed E-state index contributed by atoms with van der Waals surface area (Å²) in [6.45, 7) is 12.4. The molecule has 0 aromatic heterocycles. The van der Waals surface area contributed by atoms with Crippen LogP contribution in [0.1, 0.15) is 73.1 Å². The van der Waals surface area contributed by atoms with Crippen molar-refractivity contribution in [3.63, 3.8) is 0 Å². The lowest BCUT2D eigenvalue weighted by Gasteiger charge is -2.47. The zero-order valence-electron chi connectivity index (χ0n) is 14.8. The molecule has 1 saturated carbocycles. The fraction of sp³-hybridized carbons (Fsp3) is 0.947. The second kappa shape index (κ2) is 7.15. The molecule has 4 atom stereocenters. The second-order valence-electron chi connectivity index (χ2n) is 8.36. The standard InChI is InChI=1S/C19H35NO/c1-13(2)11-16-12-20(14(3)4)19(21)18-10-9-15(5)7-6-8-17(16)18/h13-18H,6-12H2,1-5H3. The SMILES string of the molecule is CC(C)CC1CN(C(C)C)C(=O)C2CCC(C)CCCC12. The summed E-state index contributed by atoms with van der Waals surface area (Å²) < 4.78 is 0. The van der Waals surface area contributed by atoms with Crippen LogP contribution in [0.2, 0.25) is 0 Å². The maximum atomic E-state index is 12.9. The van der Waals surface area contributed by atoms with E-state index in [1.54, 1.807) is 0 Å². The quantitative estimate of drug-likeness (QED) is 0.736. The first-order chi connectivity index (χ1) is 9.90. The number of hydrogen-bond donors (Lipinski definition) is 0. The number of amides is 1. The van der Waals surface area contributed by atoms with E-state index in [1.165, 1.54) is 32.1 Å². The summed E-state index contributed by atoms with van der Waals surface area (Å²) in [6.07, 6.45) is 7.62. The lowest BCUT2D eigenvalue weighted by molar-refractivity contribution is -0.148. The Balaban J connectivity index is 2.19. The molecule has 2 fully saturated rings. The molecule has 1 heterocycles. The van der Waals surface area contributed by atoms with Crippen LogP contribution in [-0.2, 0) is 4.79 Å². The number of carbonyl (C=O) groups is 1. The molecule has 2 aliphatic rings. The Bertz CT molecular complexity index is 349. The fourth-order valence-electron chi connectivity index (χ4n) is 4.61. The van der Waals surface area contributed by atoms with Crippen molar-refractivity contribution in [2.24, 2.45) is 29.6 Å². The molecule has 2 heteroatoms. The number of likely N-dealkylation sites (tertiary alicyclic amines) is 1. The average molecular weight is 293 g/mol. The third kappa shape index (κ3) is 4.02. The zero-order chi connectivity index (χ0) is 15.6. The summed E-state index contributed by atoms with van der Waals surface area (Å²) >= 11 is 0. The zero-order valence-corrected chi connectivity index (χ0v) is 14.8. The van der Waals surface area contributed by atoms with E-state index in [0.29, 0.717) is 23.8 Å².